The highest BCUT2D eigenvalue weighted by atomic mass is 19.1. The zero-order valence-corrected chi connectivity index (χ0v) is 9.95. The van der Waals surface area contributed by atoms with Crippen LogP contribution in [0.2, 0.25) is 0 Å². The molecule has 1 aliphatic rings. The van der Waals surface area contributed by atoms with E-state index in [-0.39, 0.29) is 11.7 Å². The molecule has 17 heavy (non-hydrogen) atoms. The number of rotatable bonds is 2. The Kier molecular flexibility index (Phi) is 3.43. The molecule has 4 heteroatoms. The van der Waals surface area contributed by atoms with Gasteiger partial charge in [-0.2, -0.15) is 0 Å². The van der Waals surface area contributed by atoms with E-state index in [1.165, 1.54) is 18.2 Å². The number of carbonyl (C=O) groups is 1. The lowest BCUT2D eigenvalue weighted by atomic mass is 9.88. The molecular formula is C13H17FN2O. The quantitative estimate of drug-likeness (QED) is 0.630. The van der Waals surface area contributed by atoms with Gasteiger partial charge in [0.2, 0.25) is 0 Å². The summed E-state index contributed by atoms with van der Waals surface area (Å²) in [5.41, 5.74) is 6.43. The van der Waals surface area contributed by atoms with Gasteiger partial charge >= 0.3 is 0 Å². The number of piperidine rings is 1. The summed E-state index contributed by atoms with van der Waals surface area (Å²) in [5, 5.41) is 0. The molecule has 1 aliphatic heterocycles. The van der Waals surface area contributed by atoms with Crippen LogP contribution in [0.3, 0.4) is 0 Å². The monoisotopic (exact) mass is 236 g/mol. The summed E-state index contributed by atoms with van der Waals surface area (Å²) in [6.07, 6.45) is 1.65. The van der Waals surface area contributed by atoms with Gasteiger partial charge in [0.15, 0.2) is 5.78 Å². The fourth-order valence-electron chi connectivity index (χ4n) is 2.23. The minimum Gasteiger partial charge on any atom is -0.398 e. The maximum absolute atomic E-state index is 13.1. The molecule has 0 atom stereocenters. The van der Waals surface area contributed by atoms with Crippen LogP contribution in [0.25, 0.3) is 0 Å². The van der Waals surface area contributed by atoms with E-state index in [4.69, 9.17) is 5.73 Å². The lowest BCUT2D eigenvalue weighted by molar-refractivity contribution is 0.0857. The molecule has 0 saturated carbocycles. The Morgan fingerprint density at radius 2 is 2.06 bits per heavy atom. The molecule has 1 saturated heterocycles. The Labute approximate surface area is 100 Å². The fraction of sp³-hybridized carbons (Fsp3) is 0.462. The Morgan fingerprint density at radius 3 is 2.71 bits per heavy atom. The number of likely N-dealkylation sites (tertiary alicyclic amines) is 1. The third-order valence-electron chi connectivity index (χ3n) is 3.37. The van der Waals surface area contributed by atoms with Gasteiger partial charge in [-0.05, 0) is 51.2 Å². The van der Waals surface area contributed by atoms with Gasteiger partial charge in [0.25, 0.3) is 0 Å². The van der Waals surface area contributed by atoms with Gasteiger partial charge < -0.3 is 10.6 Å². The highest BCUT2D eigenvalue weighted by Gasteiger charge is 2.25. The standard InChI is InChI=1S/C13H17FN2O/c1-16-6-4-9(5-7-16)13(17)11-8-10(14)2-3-12(11)15/h2-3,8-9H,4-7,15H2,1H3. The topological polar surface area (TPSA) is 46.3 Å². The number of hydrogen-bond donors (Lipinski definition) is 1. The van der Waals surface area contributed by atoms with Crippen LogP contribution in [0, 0.1) is 11.7 Å². The molecule has 2 N–H and O–H groups in total. The summed E-state index contributed by atoms with van der Waals surface area (Å²) >= 11 is 0. The number of benzene rings is 1. The zero-order valence-electron chi connectivity index (χ0n) is 9.95. The first-order valence-electron chi connectivity index (χ1n) is 5.85. The Morgan fingerprint density at radius 1 is 1.41 bits per heavy atom. The molecule has 0 radical (unpaired) electrons. The van der Waals surface area contributed by atoms with Crippen LogP contribution in [-0.4, -0.2) is 30.8 Å². The van der Waals surface area contributed by atoms with Crippen LogP contribution < -0.4 is 5.73 Å². The summed E-state index contributed by atoms with van der Waals surface area (Å²) in [5.74, 6) is -0.444. The first-order chi connectivity index (χ1) is 8.08. The summed E-state index contributed by atoms with van der Waals surface area (Å²) < 4.78 is 13.1. The molecule has 0 amide bonds. The molecule has 1 aromatic carbocycles. The normalized spacial score (nSPS) is 18.2. The Balaban J connectivity index is 2.16. The third-order valence-corrected chi connectivity index (χ3v) is 3.37. The van der Waals surface area contributed by atoms with Gasteiger partial charge in [0.05, 0.1) is 0 Å². The van der Waals surface area contributed by atoms with Crippen LogP contribution in [-0.2, 0) is 0 Å². The Bertz CT molecular complexity index is 425. The van der Waals surface area contributed by atoms with Crippen LogP contribution in [0.4, 0.5) is 10.1 Å². The molecule has 1 heterocycles. The number of Topliss-reactive ketones (excluding diaryl/α,β-unsaturated/α-hetero) is 1. The number of carbonyl (C=O) groups excluding carboxylic acids is 1. The van der Waals surface area contributed by atoms with Gasteiger partial charge in [-0.3, -0.25) is 4.79 Å². The van der Waals surface area contributed by atoms with E-state index in [0.717, 1.165) is 25.9 Å². The van der Waals surface area contributed by atoms with Crippen molar-refractivity contribution in [2.24, 2.45) is 5.92 Å². The number of nitrogens with zero attached hydrogens (tertiary/aromatic N) is 1. The largest absolute Gasteiger partial charge is 0.398 e. The van der Waals surface area contributed by atoms with E-state index < -0.39 is 5.82 Å². The number of ketones is 1. The van der Waals surface area contributed by atoms with Gasteiger partial charge in [0.1, 0.15) is 5.82 Å². The SMILES string of the molecule is CN1CCC(C(=O)c2cc(F)ccc2N)CC1. The van der Waals surface area contributed by atoms with Crippen molar-refractivity contribution in [3.63, 3.8) is 0 Å². The summed E-state index contributed by atoms with van der Waals surface area (Å²) in [7, 11) is 2.04. The van der Waals surface area contributed by atoms with Gasteiger partial charge in [-0.25, -0.2) is 4.39 Å². The van der Waals surface area contributed by atoms with Crippen LogP contribution >= 0.6 is 0 Å². The number of hydrogen-bond acceptors (Lipinski definition) is 3. The predicted molar refractivity (Wildman–Crippen MR) is 65.4 cm³/mol. The van der Waals surface area contributed by atoms with Gasteiger partial charge in [0, 0.05) is 17.2 Å². The van der Waals surface area contributed by atoms with E-state index in [9.17, 15) is 9.18 Å². The summed E-state index contributed by atoms with van der Waals surface area (Å²) in [4.78, 5) is 14.4. The maximum Gasteiger partial charge on any atom is 0.168 e. The molecule has 0 aromatic heterocycles. The smallest absolute Gasteiger partial charge is 0.168 e. The molecule has 0 bridgehead atoms. The molecule has 0 aliphatic carbocycles. The van der Waals surface area contributed by atoms with Crippen molar-refractivity contribution in [3.05, 3.63) is 29.6 Å². The van der Waals surface area contributed by atoms with Crippen LogP contribution in [0.15, 0.2) is 18.2 Å². The number of anilines is 1. The maximum atomic E-state index is 13.1. The molecule has 3 nitrogen and oxygen atoms in total. The van der Waals surface area contributed by atoms with E-state index in [1.54, 1.807) is 0 Å². The van der Waals surface area contributed by atoms with Crippen molar-refractivity contribution in [3.8, 4) is 0 Å². The fourth-order valence-corrected chi connectivity index (χ4v) is 2.23. The molecule has 1 fully saturated rings. The molecule has 92 valence electrons. The van der Waals surface area contributed by atoms with Crippen LogP contribution in [0.5, 0.6) is 0 Å². The average Bonchev–Trinajstić information content (AvgIpc) is 2.32. The average molecular weight is 236 g/mol. The lowest BCUT2D eigenvalue weighted by Crippen LogP contribution is -2.33. The van der Waals surface area contributed by atoms with Crippen molar-refractivity contribution in [1.29, 1.82) is 0 Å². The zero-order chi connectivity index (χ0) is 12.4. The summed E-state index contributed by atoms with van der Waals surface area (Å²) in [6.45, 7) is 1.82. The number of nitrogen functional groups attached to an aromatic ring is 1. The predicted octanol–water partition coefficient (Wildman–Crippen LogP) is 1.93. The first-order valence-corrected chi connectivity index (χ1v) is 5.85. The molecule has 2 rings (SSSR count). The highest BCUT2D eigenvalue weighted by Crippen LogP contribution is 2.24. The van der Waals surface area contributed by atoms with E-state index >= 15 is 0 Å². The minimum absolute atomic E-state index is 0.0182. The molecule has 0 spiro atoms. The van der Waals surface area contributed by atoms with E-state index in [0.29, 0.717) is 11.3 Å². The molecule has 1 aromatic rings. The van der Waals surface area contributed by atoms with Crippen molar-refractivity contribution in [2.75, 3.05) is 25.9 Å². The highest BCUT2D eigenvalue weighted by molar-refractivity contribution is 6.02. The van der Waals surface area contributed by atoms with Crippen molar-refractivity contribution in [2.45, 2.75) is 12.8 Å². The minimum atomic E-state index is -0.407. The number of nitrogens with two attached hydrogens (primary N) is 1. The molecule has 0 unspecified atom stereocenters. The van der Waals surface area contributed by atoms with Crippen molar-refractivity contribution >= 4 is 11.5 Å². The van der Waals surface area contributed by atoms with E-state index in [2.05, 4.69) is 4.90 Å². The van der Waals surface area contributed by atoms with Crippen molar-refractivity contribution in [1.82, 2.24) is 4.90 Å². The molecular weight excluding hydrogens is 219 g/mol. The van der Waals surface area contributed by atoms with Gasteiger partial charge in [-0.1, -0.05) is 0 Å². The summed E-state index contributed by atoms with van der Waals surface area (Å²) in [6, 6.07) is 3.98. The van der Waals surface area contributed by atoms with Crippen LogP contribution in [0.1, 0.15) is 23.2 Å². The second-order valence-electron chi connectivity index (χ2n) is 4.67. The first kappa shape index (κ1) is 12.0. The second kappa shape index (κ2) is 4.84. The Hall–Kier alpha value is -1.42. The van der Waals surface area contributed by atoms with Gasteiger partial charge in [-0.15, -0.1) is 0 Å². The second-order valence-corrected chi connectivity index (χ2v) is 4.67. The number of halogens is 1. The lowest BCUT2D eigenvalue weighted by Gasteiger charge is -2.28. The van der Waals surface area contributed by atoms with E-state index in [1.807, 2.05) is 7.05 Å². The third kappa shape index (κ3) is 2.64. The van der Waals surface area contributed by atoms with Crippen molar-refractivity contribution < 1.29 is 9.18 Å².